The number of methoxy groups -OCH3 is 1. The van der Waals surface area contributed by atoms with Crippen molar-refractivity contribution in [3.63, 3.8) is 0 Å². The second-order valence-electron chi connectivity index (χ2n) is 6.59. The largest absolute Gasteiger partial charge is 0.573 e. The minimum atomic E-state index is -5.05. The monoisotopic (exact) mass is 460 g/mol. The Morgan fingerprint density at radius 2 is 2.03 bits per heavy atom. The van der Waals surface area contributed by atoms with Crippen LogP contribution in [0.3, 0.4) is 0 Å². The molecule has 0 unspecified atom stereocenters. The number of amides is 1. The van der Waals surface area contributed by atoms with Crippen LogP contribution in [0.5, 0.6) is 11.6 Å². The van der Waals surface area contributed by atoms with Gasteiger partial charge < -0.3 is 20.5 Å². The Balaban J connectivity index is 1.67. The van der Waals surface area contributed by atoms with E-state index in [0.717, 1.165) is 12.1 Å². The standard InChI is InChI=1S/C21H17F3N6O3/c1-32-19-15(18(31)26-10-13-4-2-3-5-16(13)33-21(22,23)24)8-14(11-27-19)12-6-7-30-17(9-12)28-20(25)29-30/h2-9,11H,10H2,1H3,(H2,25,29)(H,26,31)/i10D2. The molecule has 0 saturated heterocycles. The number of hydrogen-bond donors (Lipinski definition) is 2. The summed E-state index contributed by atoms with van der Waals surface area (Å²) in [7, 11) is 1.27. The van der Waals surface area contributed by atoms with Gasteiger partial charge in [0.1, 0.15) is 11.3 Å². The van der Waals surface area contributed by atoms with Crippen molar-refractivity contribution < 1.29 is 30.2 Å². The van der Waals surface area contributed by atoms with Crippen LogP contribution >= 0.6 is 0 Å². The van der Waals surface area contributed by atoms with Gasteiger partial charge in [-0.25, -0.2) is 9.50 Å². The van der Waals surface area contributed by atoms with Gasteiger partial charge in [0.2, 0.25) is 11.8 Å². The van der Waals surface area contributed by atoms with Crippen molar-refractivity contribution in [2.45, 2.75) is 12.9 Å². The van der Waals surface area contributed by atoms with E-state index < -0.39 is 30.1 Å². The molecule has 0 radical (unpaired) electrons. The minimum absolute atomic E-state index is 0.0760. The smallest absolute Gasteiger partial charge is 0.480 e. The SMILES string of the molecule is [2H]C([2H])(NC(=O)c1cc(-c2ccn3nc(N)nc3c2)cnc1OC)c1ccccc1OC(F)(F)F. The molecule has 4 rings (SSSR count). The first kappa shape index (κ1) is 19.3. The highest BCUT2D eigenvalue weighted by Gasteiger charge is 2.32. The second kappa shape index (κ2) is 8.65. The highest BCUT2D eigenvalue weighted by molar-refractivity contribution is 5.97. The highest BCUT2D eigenvalue weighted by Crippen LogP contribution is 2.27. The van der Waals surface area contributed by atoms with E-state index in [1.54, 1.807) is 18.3 Å². The number of ether oxygens (including phenoxy) is 2. The fraction of sp³-hybridized carbons (Fsp3) is 0.143. The number of aromatic nitrogens is 4. The zero-order valence-corrected chi connectivity index (χ0v) is 16.9. The molecule has 0 aliphatic rings. The maximum atomic E-state index is 13.0. The van der Waals surface area contributed by atoms with Gasteiger partial charge in [0.15, 0.2) is 5.65 Å². The predicted octanol–water partition coefficient (Wildman–Crippen LogP) is 3.21. The fourth-order valence-electron chi connectivity index (χ4n) is 2.99. The lowest BCUT2D eigenvalue weighted by atomic mass is 10.1. The number of fused-ring (bicyclic) bond motifs is 1. The van der Waals surface area contributed by atoms with Gasteiger partial charge in [0, 0.05) is 30.0 Å². The molecule has 170 valence electrons. The molecule has 0 fully saturated rings. The molecule has 0 atom stereocenters. The first-order chi connectivity index (χ1) is 16.5. The first-order valence-electron chi connectivity index (χ1n) is 10.3. The van der Waals surface area contributed by atoms with Crippen molar-refractivity contribution in [3.05, 3.63) is 66.0 Å². The molecule has 0 bridgehead atoms. The van der Waals surface area contributed by atoms with Crippen LogP contribution in [0.25, 0.3) is 16.8 Å². The summed E-state index contributed by atoms with van der Waals surface area (Å²) in [6.45, 7) is -2.74. The van der Waals surface area contributed by atoms with Gasteiger partial charge in [-0.1, -0.05) is 18.2 Å². The zero-order valence-electron chi connectivity index (χ0n) is 18.9. The Labute approximate surface area is 187 Å². The number of anilines is 1. The van der Waals surface area contributed by atoms with Crippen LogP contribution in [0.15, 0.2) is 54.9 Å². The number of nitrogens with zero attached hydrogens (tertiary/aromatic N) is 4. The average molecular weight is 460 g/mol. The van der Waals surface area contributed by atoms with Crippen LogP contribution in [-0.4, -0.2) is 39.0 Å². The maximum Gasteiger partial charge on any atom is 0.573 e. The number of halogens is 3. The van der Waals surface area contributed by atoms with E-state index in [9.17, 15) is 18.0 Å². The van der Waals surface area contributed by atoms with Gasteiger partial charge >= 0.3 is 6.36 Å². The number of nitrogens with two attached hydrogens (primary N) is 1. The summed E-state index contributed by atoms with van der Waals surface area (Å²) in [4.78, 5) is 21.2. The summed E-state index contributed by atoms with van der Waals surface area (Å²) >= 11 is 0. The predicted molar refractivity (Wildman–Crippen MR) is 111 cm³/mol. The lowest BCUT2D eigenvalue weighted by Gasteiger charge is -2.14. The van der Waals surface area contributed by atoms with Crippen LogP contribution in [0, 0.1) is 0 Å². The molecule has 0 aliphatic heterocycles. The Morgan fingerprint density at radius 3 is 2.79 bits per heavy atom. The Bertz CT molecular complexity index is 1410. The molecule has 0 saturated carbocycles. The van der Waals surface area contributed by atoms with Gasteiger partial charge in [0.25, 0.3) is 5.91 Å². The topological polar surface area (TPSA) is 117 Å². The Hall–Kier alpha value is -4.35. The van der Waals surface area contributed by atoms with E-state index in [1.165, 1.54) is 36.0 Å². The third kappa shape index (κ3) is 4.95. The second-order valence-corrected chi connectivity index (χ2v) is 6.59. The van der Waals surface area contributed by atoms with Crippen LogP contribution in [0.1, 0.15) is 18.7 Å². The van der Waals surface area contributed by atoms with Crippen LogP contribution in [-0.2, 0) is 6.50 Å². The number of benzene rings is 1. The molecule has 3 N–H and O–H groups in total. The van der Waals surface area contributed by atoms with Crippen LogP contribution in [0.2, 0.25) is 0 Å². The summed E-state index contributed by atoms with van der Waals surface area (Å²) in [5.74, 6) is -1.80. The number of pyridine rings is 2. The number of carbonyl (C=O) groups excluding carboxylic acids is 1. The van der Waals surface area contributed by atoms with Crippen molar-refractivity contribution in [1.29, 1.82) is 0 Å². The van der Waals surface area contributed by atoms with E-state index in [1.807, 2.05) is 0 Å². The number of nitrogen functional groups attached to an aromatic ring is 1. The Morgan fingerprint density at radius 1 is 1.24 bits per heavy atom. The van der Waals surface area contributed by atoms with Crippen LogP contribution < -0.4 is 20.5 Å². The molecule has 1 aromatic carbocycles. The fourth-order valence-corrected chi connectivity index (χ4v) is 2.99. The molecule has 4 aromatic rings. The number of rotatable bonds is 6. The van der Waals surface area contributed by atoms with E-state index in [0.29, 0.717) is 16.8 Å². The van der Waals surface area contributed by atoms with Crippen LogP contribution in [0.4, 0.5) is 19.1 Å². The average Bonchev–Trinajstić information content (AvgIpc) is 3.16. The normalized spacial score (nSPS) is 12.7. The number of nitrogens with one attached hydrogen (secondary N) is 1. The molecule has 12 heteroatoms. The lowest BCUT2D eigenvalue weighted by Crippen LogP contribution is -2.25. The van der Waals surface area contributed by atoms with Gasteiger partial charge in [-0.2, -0.15) is 4.98 Å². The van der Waals surface area contributed by atoms with E-state index >= 15 is 0 Å². The van der Waals surface area contributed by atoms with Crippen molar-refractivity contribution in [1.82, 2.24) is 24.9 Å². The molecular formula is C21H17F3N6O3. The number of para-hydroxylation sites is 1. The van der Waals surface area contributed by atoms with Crippen molar-refractivity contribution in [3.8, 4) is 22.8 Å². The molecule has 9 nitrogen and oxygen atoms in total. The molecule has 3 heterocycles. The first-order valence-corrected chi connectivity index (χ1v) is 9.31. The maximum absolute atomic E-state index is 13.0. The number of carbonyl (C=O) groups is 1. The molecular weight excluding hydrogens is 441 g/mol. The van der Waals surface area contributed by atoms with Gasteiger partial charge in [0.05, 0.1) is 9.85 Å². The summed E-state index contributed by atoms with van der Waals surface area (Å²) < 4.78 is 65.3. The summed E-state index contributed by atoms with van der Waals surface area (Å²) in [5, 5.41) is 6.07. The Kier molecular flexibility index (Phi) is 5.07. The summed E-state index contributed by atoms with van der Waals surface area (Å²) in [5.41, 5.74) is 6.43. The molecule has 33 heavy (non-hydrogen) atoms. The van der Waals surface area contributed by atoms with E-state index in [4.69, 9.17) is 13.2 Å². The minimum Gasteiger partial charge on any atom is -0.480 e. The quantitative estimate of drug-likeness (QED) is 0.454. The summed E-state index contributed by atoms with van der Waals surface area (Å²) in [6.07, 6.45) is -2.01. The number of hydrogen-bond acceptors (Lipinski definition) is 7. The van der Waals surface area contributed by atoms with Gasteiger partial charge in [-0.3, -0.25) is 4.79 Å². The third-order valence-corrected chi connectivity index (χ3v) is 4.40. The molecule has 3 aromatic heterocycles. The van der Waals surface area contributed by atoms with E-state index in [2.05, 4.69) is 25.1 Å². The van der Waals surface area contributed by atoms with Gasteiger partial charge in [-0.05, 0) is 29.8 Å². The molecule has 0 spiro atoms. The zero-order chi connectivity index (χ0) is 25.4. The summed E-state index contributed by atoms with van der Waals surface area (Å²) in [6, 6.07) is 9.32. The van der Waals surface area contributed by atoms with Crippen molar-refractivity contribution in [2.75, 3.05) is 12.8 Å². The van der Waals surface area contributed by atoms with Gasteiger partial charge in [-0.15, -0.1) is 18.3 Å². The highest BCUT2D eigenvalue weighted by atomic mass is 19.4. The molecule has 0 aliphatic carbocycles. The lowest BCUT2D eigenvalue weighted by molar-refractivity contribution is -0.274. The van der Waals surface area contributed by atoms with Crippen molar-refractivity contribution >= 4 is 17.5 Å². The third-order valence-electron chi connectivity index (χ3n) is 4.40. The number of alkyl halides is 3. The van der Waals surface area contributed by atoms with E-state index in [-0.39, 0.29) is 17.4 Å². The molecule has 1 amide bonds. The van der Waals surface area contributed by atoms with Crippen molar-refractivity contribution in [2.24, 2.45) is 0 Å².